The third-order valence-electron chi connectivity index (χ3n) is 2.45. The highest BCUT2D eigenvalue weighted by Gasteiger charge is 2.23. The molecule has 100 valence electrons. The van der Waals surface area contributed by atoms with Crippen molar-refractivity contribution in [2.75, 3.05) is 0 Å². The van der Waals surface area contributed by atoms with Crippen LogP contribution in [0.25, 0.3) is 0 Å². The lowest BCUT2D eigenvalue weighted by molar-refractivity contribution is -0.139. The van der Waals surface area contributed by atoms with E-state index < -0.39 is 18.0 Å². The van der Waals surface area contributed by atoms with Gasteiger partial charge in [0.25, 0.3) is 0 Å². The minimum absolute atomic E-state index is 0.0350. The summed E-state index contributed by atoms with van der Waals surface area (Å²) in [6.07, 6.45) is 1.83. The molecule has 0 saturated heterocycles. The number of carbonyl (C=O) groups excluding carboxylic acids is 1. The standard InChI is InChI=1S/C12H18N2O3S/c1-3-5-8(2)13-12(17)14-10(11(15)16)9-6-4-7-18-9/h4,6-8,10H,3,5H2,1-2H3,(H,15,16)(H2,13,14,17). The topological polar surface area (TPSA) is 78.4 Å². The smallest absolute Gasteiger partial charge is 0.331 e. The number of carboxylic acids is 1. The first-order valence-electron chi connectivity index (χ1n) is 5.87. The van der Waals surface area contributed by atoms with Crippen molar-refractivity contribution in [3.05, 3.63) is 22.4 Å². The van der Waals surface area contributed by atoms with E-state index in [1.54, 1.807) is 17.5 Å². The van der Waals surface area contributed by atoms with Gasteiger partial charge in [0, 0.05) is 10.9 Å². The molecular formula is C12H18N2O3S. The number of urea groups is 1. The molecule has 1 aromatic heterocycles. The molecule has 6 heteroatoms. The second-order valence-corrected chi connectivity index (χ2v) is 5.07. The minimum Gasteiger partial charge on any atom is -0.479 e. The van der Waals surface area contributed by atoms with E-state index in [9.17, 15) is 9.59 Å². The zero-order chi connectivity index (χ0) is 13.5. The molecule has 0 spiro atoms. The van der Waals surface area contributed by atoms with Gasteiger partial charge in [0.1, 0.15) is 0 Å². The van der Waals surface area contributed by atoms with Crippen LogP contribution in [0.5, 0.6) is 0 Å². The van der Waals surface area contributed by atoms with Gasteiger partial charge in [0.15, 0.2) is 6.04 Å². The molecule has 1 heterocycles. The molecule has 2 unspecified atom stereocenters. The molecule has 3 N–H and O–H groups in total. The largest absolute Gasteiger partial charge is 0.479 e. The van der Waals surface area contributed by atoms with Crippen molar-refractivity contribution in [1.29, 1.82) is 0 Å². The highest BCUT2D eigenvalue weighted by molar-refractivity contribution is 7.10. The van der Waals surface area contributed by atoms with E-state index in [1.165, 1.54) is 11.3 Å². The number of nitrogens with one attached hydrogen (secondary N) is 2. The van der Waals surface area contributed by atoms with Crippen molar-refractivity contribution >= 4 is 23.3 Å². The third-order valence-corrected chi connectivity index (χ3v) is 3.39. The maximum absolute atomic E-state index is 11.7. The maximum Gasteiger partial charge on any atom is 0.331 e. The molecule has 5 nitrogen and oxygen atoms in total. The summed E-state index contributed by atoms with van der Waals surface area (Å²) in [6.45, 7) is 3.92. The number of carboxylic acid groups (broad SMARTS) is 1. The summed E-state index contributed by atoms with van der Waals surface area (Å²) in [7, 11) is 0. The molecule has 0 radical (unpaired) electrons. The van der Waals surface area contributed by atoms with Crippen LogP contribution in [0.3, 0.4) is 0 Å². The molecule has 0 aliphatic rings. The Balaban J connectivity index is 2.57. The molecule has 2 amide bonds. The molecule has 0 aliphatic heterocycles. The summed E-state index contributed by atoms with van der Waals surface area (Å²) in [5, 5.41) is 16.1. The molecule has 18 heavy (non-hydrogen) atoms. The second-order valence-electron chi connectivity index (χ2n) is 4.09. The highest BCUT2D eigenvalue weighted by Crippen LogP contribution is 2.18. The van der Waals surface area contributed by atoms with Gasteiger partial charge in [-0.2, -0.15) is 0 Å². The van der Waals surface area contributed by atoms with Crippen molar-refractivity contribution in [1.82, 2.24) is 10.6 Å². The molecule has 0 saturated carbocycles. The normalized spacial score (nSPS) is 13.7. The number of hydrogen-bond acceptors (Lipinski definition) is 3. The van der Waals surface area contributed by atoms with Crippen molar-refractivity contribution < 1.29 is 14.7 Å². The van der Waals surface area contributed by atoms with Gasteiger partial charge in [0.2, 0.25) is 0 Å². The van der Waals surface area contributed by atoms with Crippen LogP contribution in [0, 0.1) is 0 Å². The van der Waals surface area contributed by atoms with Gasteiger partial charge < -0.3 is 15.7 Å². The summed E-state index contributed by atoms with van der Waals surface area (Å²) in [6, 6.07) is 2.05. The molecule has 0 aliphatic carbocycles. The Morgan fingerprint density at radius 2 is 2.17 bits per heavy atom. The van der Waals surface area contributed by atoms with Crippen molar-refractivity contribution in [2.24, 2.45) is 0 Å². The zero-order valence-electron chi connectivity index (χ0n) is 10.5. The maximum atomic E-state index is 11.7. The lowest BCUT2D eigenvalue weighted by Crippen LogP contribution is -2.44. The predicted molar refractivity (Wildman–Crippen MR) is 70.7 cm³/mol. The van der Waals surface area contributed by atoms with Crippen molar-refractivity contribution in [3.8, 4) is 0 Å². The number of hydrogen-bond donors (Lipinski definition) is 3. The van der Waals surface area contributed by atoms with Gasteiger partial charge in [-0.25, -0.2) is 9.59 Å². The van der Waals surface area contributed by atoms with E-state index in [0.29, 0.717) is 4.88 Å². The van der Waals surface area contributed by atoms with E-state index >= 15 is 0 Å². The highest BCUT2D eigenvalue weighted by atomic mass is 32.1. The van der Waals surface area contributed by atoms with Gasteiger partial charge in [0.05, 0.1) is 0 Å². The lowest BCUT2D eigenvalue weighted by atomic mass is 10.2. The molecule has 0 bridgehead atoms. The Morgan fingerprint density at radius 1 is 1.44 bits per heavy atom. The van der Waals surface area contributed by atoms with Gasteiger partial charge >= 0.3 is 12.0 Å². The van der Waals surface area contributed by atoms with Gasteiger partial charge in [-0.15, -0.1) is 11.3 Å². The average molecular weight is 270 g/mol. The predicted octanol–water partition coefficient (Wildman–Crippen LogP) is 2.36. The Morgan fingerprint density at radius 3 is 2.67 bits per heavy atom. The average Bonchev–Trinajstić information content (AvgIpc) is 2.78. The van der Waals surface area contributed by atoms with E-state index in [2.05, 4.69) is 10.6 Å². The summed E-state index contributed by atoms with van der Waals surface area (Å²) >= 11 is 1.31. The number of amides is 2. The molecular weight excluding hydrogens is 252 g/mol. The Kier molecular flexibility index (Phi) is 5.64. The fraction of sp³-hybridized carbons (Fsp3) is 0.500. The number of carbonyl (C=O) groups is 2. The van der Waals surface area contributed by atoms with Crippen LogP contribution in [0.1, 0.15) is 37.6 Å². The minimum atomic E-state index is -1.06. The van der Waals surface area contributed by atoms with Crippen molar-refractivity contribution in [2.45, 2.75) is 38.8 Å². The van der Waals surface area contributed by atoms with E-state index in [-0.39, 0.29) is 6.04 Å². The first kappa shape index (κ1) is 14.5. The van der Waals surface area contributed by atoms with Crippen LogP contribution in [-0.2, 0) is 4.79 Å². The van der Waals surface area contributed by atoms with Crippen LogP contribution < -0.4 is 10.6 Å². The summed E-state index contributed by atoms with van der Waals surface area (Å²) in [4.78, 5) is 23.4. The molecule has 0 fully saturated rings. The Labute approximate surface area is 110 Å². The Hall–Kier alpha value is -1.56. The fourth-order valence-corrected chi connectivity index (χ4v) is 2.38. The number of aliphatic carboxylic acids is 1. The number of rotatable bonds is 6. The quantitative estimate of drug-likeness (QED) is 0.742. The van der Waals surface area contributed by atoms with Gasteiger partial charge in [-0.3, -0.25) is 0 Å². The molecule has 2 atom stereocenters. The fourth-order valence-electron chi connectivity index (χ4n) is 1.61. The summed E-state index contributed by atoms with van der Waals surface area (Å²) in [5.74, 6) is -1.06. The third kappa shape index (κ3) is 4.37. The lowest BCUT2D eigenvalue weighted by Gasteiger charge is -2.17. The Bertz CT molecular complexity index is 392. The van der Waals surface area contributed by atoms with E-state index in [1.807, 2.05) is 13.8 Å². The SMILES string of the molecule is CCCC(C)NC(=O)NC(C(=O)O)c1cccs1. The summed E-state index contributed by atoms with van der Waals surface area (Å²) < 4.78 is 0. The molecule has 1 rings (SSSR count). The monoisotopic (exact) mass is 270 g/mol. The van der Waals surface area contributed by atoms with Crippen LogP contribution in [0.15, 0.2) is 17.5 Å². The van der Waals surface area contributed by atoms with Crippen LogP contribution >= 0.6 is 11.3 Å². The molecule has 0 aromatic carbocycles. The summed E-state index contributed by atoms with van der Waals surface area (Å²) in [5.41, 5.74) is 0. The zero-order valence-corrected chi connectivity index (χ0v) is 11.3. The first-order chi connectivity index (χ1) is 8.54. The van der Waals surface area contributed by atoms with Gasteiger partial charge in [-0.1, -0.05) is 19.4 Å². The van der Waals surface area contributed by atoms with Crippen LogP contribution in [-0.4, -0.2) is 23.1 Å². The van der Waals surface area contributed by atoms with E-state index in [0.717, 1.165) is 12.8 Å². The van der Waals surface area contributed by atoms with Crippen LogP contribution in [0.4, 0.5) is 4.79 Å². The first-order valence-corrected chi connectivity index (χ1v) is 6.75. The number of thiophene rings is 1. The van der Waals surface area contributed by atoms with Gasteiger partial charge in [-0.05, 0) is 24.8 Å². The molecule has 1 aromatic rings. The second kappa shape index (κ2) is 7.00. The van der Waals surface area contributed by atoms with E-state index in [4.69, 9.17) is 5.11 Å². The van der Waals surface area contributed by atoms with Crippen LogP contribution in [0.2, 0.25) is 0 Å². The van der Waals surface area contributed by atoms with Crippen molar-refractivity contribution in [3.63, 3.8) is 0 Å².